The molecule has 2 aromatic carbocycles. The number of nitrogens with one attached hydrogen (secondary N) is 1. The summed E-state index contributed by atoms with van der Waals surface area (Å²) in [4.78, 5) is 44.2. The van der Waals surface area contributed by atoms with Crippen LogP contribution in [0.4, 0.5) is 17.1 Å². The van der Waals surface area contributed by atoms with E-state index in [-0.39, 0.29) is 49.0 Å². The largest absolute Gasteiger partial charge is 0.457 e. The van der Waals surface area contributed by atoms with Crippen LogP contribution in [-0.4, -0.2) is 167 Å². The van der Waals surface area contributed by atoms with E-state index in [2.05, 4.69) is 5.32 Å². The zero-order valence-electron chi connectivity index (χ0n) is 31.5. The van der Waals surface area contributed by atoms with E-state index < -0.39 is 21.6 Å². The van der Waals surface area contributed by atoms with Gasteiger partial charge in [-0.15, -0.1) is 0 Å². The molecular weight excluding hydrogens is 746 g/mol. The number of carbonyl (C=O) groups excluding carboxylic acids is 2. The van der Waals surface area contributed by atoms with Crippen LogP contribution in [0.1, 0.15) is 10.4 Å². The molecule has 0 fully saturated rings. The fraction of sp³-hybridized carbons (Fsp3) is 0.611. The lowest BCUT2D eigenvalue weighted by atomic mass is 10.1. The molecule has 2 aromatic rings. The van der Waals surface area contributed by atoms with Gasteiger partial charge in [0, 0.05) is 18.2 Å². The molecule has 314 valence electrons. The summed E-state index contributed by atoms with van der Waals surface area (Å²) < 4.78 is 59.2. The van der Waals surface area contributed by atoms with Crippen molar-refractivity contribution in [2.24, 2.45) is 0 Å². The van der Waals surface area contributed by atoms with E-state index in [0.717, 1.165) is 6.07 Å². The van der Waals surface area contributed by atoms with Crippen LogP contribution in [0.15, 0.2) is 48.5 Å². The molecule has 0 saturated carbocycles. The van der Waals surface area contributed by atoms with Gasteiger partial charge in [-0.1, -0.05) is 30.3 Å². The molecule has 0 unspecified atom stereocenters. The van der Waals surface area contributed by atoms with Gasteiger partial charge < -0.3 is 57.4 Å². The SMILES string of the molecule is O=C(OCCOCCOCCOCCOCCOCCOCCOCCOCCOCCOCCNc1ccc([N+](=O)[O-])cc1[N+](=O)[O-])C(=O)c1ccccc1. The van der Waals surface area contributed by atoms with Gasteiger partial charge in [-0.2, -0.15) is 0 Å². The predicted octanol–water partition coefficient (Wildman–Crippen LogP) is 2.51. The zero-order chi connectivity index (χ0) is 40.3. The number of ether oxygens (including phenoxy) is 11. The lowest BCUT2D eigenvalue weighted by molar-refractivity contribution is -0.393. The number of carbonyl (C=O) groups is 2. The number of nitrogens with zero attached hydrogens (tertiary/aromatic N) is 2. The lowest BCUT2D eigenvalue weighted by Gasteiger charge is -2.09. The first-order valence-electron chi connectivity index (χ1n) is 18.1. The molecule has 56 heavy (non-hydrogen) atoms. The first kappa shape index (κ1) is 47.9. The topological polar surface area (TPSA) is 234 Å². The standard InChI is InChI=1S/C36H53N3O17/c40-35(31-4-2-1-3-5-31)36(41)56-29-28-55-27-26-54-25-24-53-23-22-52-21-20-51-19-18-50-17-16-49-15-14-48-13-12-47-11-10-46-9-8-37-33-7-6-32(38(42)43)30-34(33)39(44)45/h1-7,30,37H,8-29H2. The average molecular weight is 800 g/mol. The van der Waals surface area contributed by atoms with E-state index in [4.69, 9.17) is 52.1 Å². The van der Waals surface area contributed by atoms with E-state index in [0.29, 0.717) is 119 Å². The minimum atomic E-state index is -0.910. The highest BCUT2D eigenvalue weighted by Crippen LogP contribution is 2.28. The normalized spacial score (nSPS) is 11.1. The minimum Gasteiger partial charge on any atom is -0.457 e. The lowest BCUT2D eigenvalue weighted by Crippen LogP contribution is -2.20. The number of Topliss-reactive ketones (excluding diaryl/α,β-unsaturated/α-hetero) is 1. The molecule has 0 radical (unpaired) electrons. The highest BCUT2D eigenvalue weighted by Gasteiger charge is 2.19. The van der Waals surface area contributed by atoms with Crippen LogP contribution >= 0.6 is 0 Å². The first-order chi connectivity index (χ1) is 27.4. The molecule has 0 spiro atoms. The summed E-state index contributed by atoms with van der Waals surface area (Å²) in [5, 5.41) is 24.8. The van der Waals surface area contributed by atoms with Crippen molar-refractivity contribution in [1.82, 2.24) is 0 Å². The van der Waals surface area contributed by atoms with Crippen LogP contribution < -0.4 is 5.32 Å². The van der Waals surface area contributed by atoms with Gasteiger partial charge in [-0.05, 0) is 6.07 Å². The second-order valence-electron chi connectivity index (χ2n) is 11.1. The van der Waals surface area contributed by atoms with Crippen LogP contribution in [-0.2, 0) is 56.9 Å². The average Bonchev–Trinajstić information content (AvgIpc) is 3.20. The van der Waals surface area contributed by atoms with Crippen molar-refractivity contribution in [3.8, 4) is 0 Å². The number of anilines is 1. The highest BCUT2D eigenvalue weighted by atomic mass is 16.6. The molecule has 0 heterocycles. The van der Waals surface area contributed by atoms with Crippen LogP contribution in [0.3, 0.4) is 0 Å². The third-order valence-electron chi connectivity index (χ3n) is 6.98. The van der Waals surface area contributed by atoms with Gasteiger partial charge in [0.1, 0.15) is 12.3 Å². The third-order valence-corrected chi connectivity index (χ3v) is 6.98. The number of ketones is 1. The Balaban J connectivity index is 1.20. The number of hydrogen-bond acceptors (Lipinski definition) is 18. The van der Waals surface area contributed by atoms with Gasteiger partial charge in [0.15, 0.2) is 0 Å². The molecule has 20 nitrogen and oxygen atoms in total. The Hall–Kier alpha value is -4.22. The predicted molar refractivity (Wildman–Crippen MR) is 198 cm³/mol. The summed E-state index contributed by atoms with van der Waals surface area (Å²) in [7, 11) is 0. The van der Waals surface area contributed by atoms with Crippen molar-refractivity contribution in [2.45, 2.75) is 0 Å². The third kappa shape index (κ3) is 24.3. The van der Waals surface area contributed by atoms with Crippen molar-refractivity contribution < 1.29 is 71.5 Å². The minimum absolute atomic E-state index is 0.0182. The second kappa shape index (κ2) is 33.0. The van der Waals surface area contributed by atoms with Crippen molar-refractivity contribution >= 4 is 28.8 Å². The monoisotopic (exact) mass is 799 g/mol. The van der Waals surface area contributed by atoms with Crippen LogP contribution in [0.5, 0.6) is 0 Å². The molecule has 0 aliphatic heterocycles. The van der Waals surface area contributed by atoms with E-state index in [1.54, 1.807) is 30.3 Å². The van der Waals surface area contributed by atoms with Gasteiger partial charge >= 0.3 is 5.97 Å². The summed E-state index contributed by atoms with van der Waals surface area (Å²) in [5.74, 6) is -1.60. The number of rotatable bonds is 38. The van der Waals surface area contributed by atoms with E-state index in [1.807, 2.05) is 0 Å². The van der Waals surface area contributed by atoms with Crippen molar-refractivity contribution in [3.63, 3.8) is 0 Å². The number of non-ortho nitro benzene ring substituents is 1. The first-order valence-corrected chi connectivity index (χ1v) is 18.1. The molecule has 2 rings (SSSR count). The molecule has 0 bridgehead atoms. The van der Waals surface area contributed by atoms with Gasteiger partial charge in [0.2, 0.25) is 0 Å². The summed E-state index contributed by atoms with van der Waals surface area (Å²) in [5.41, 5.74) is -0.265. The fourth-order valence-corrected chi connectivity index (χ4v) is 4.24. The van der Waals surface area contributed by atoms with E-state index in [1.165, 1.54) is 12.1 Å². The molecule has 0 atom stereocenters. The van der Waals surface area contributed by atoms with Gasteiger partial charge in [-0.25, -0.2) is 4.79 Å². The number of nitro benzene ring substituents is 2. The molecule has 0 amide bonds. The van der Waals surface area contributed by atoms with Crippen molar-refractivity contribution in [1.29, 1.82) is 0 Å². The Morgan fingerprint density at radius 1 is 0.482 bits per heavy atom. The van der Waals surface area contributed by atoms with Gasteiger partial charge in [0.25, 0.3) is 17.2 Å². The maximum atomic E-state index is 11.9. The number of hydrogen-bond donors (Lipinski definition) is 1. The second-order valence-corrected chi connectivity index (χ2v) is 11.1. The summed E-state index contributed by atoms with van der Waals surface area (Å²) in [6, 6.07) is 11.6. The zero-order valence-corrected chi connectivity index (χ0v) is 31.5. The Morgan fingerprint density at radius 2 is 0.857 bits per heavy atom. The van der Waals surface area contributed by atoms with Crippen molar-refractivity contribution in [3.05, 3.63) is 74.3 Å². The van der Waals surface area contributed by atoms with Crippen LogP contribution in [0.2, 0.25) is 0 Å². The Kier molecular flexibility index (Phi) is 28.2. The van der Waals surface area contributed by atoms with Crippen LogP contribution in [0, 0.1) is 20.2 Å². The molecule has 20 heteroatoms. The smallest absolute Gasteiger partial charge is 0.379 e. The van der Waals surface area contributed by atoms with Gasteiger partial charge in [-0.3, -0.25) is 25.0 Å². The van der Waals surface area contributed by atoms with E-state index >= 15 is 0 Å². The highest BCUT2D eigenvalue weighted by molar-refractivity contribution is 6.40. The van der Waals surface area contributed by atoms with Crippen LogP contribution in [0.25, 0.3) is 0 Å². The number of nitro groups is 2. The Labute approximate surface area is 325 Å². The molecule has 0 aromatic heterocycles. The quantitative estimate of drug-likeness (QED) is 0.0257. The maximum absolute atomic E-state index is 11.9. The Bertz CT molecular complexity index is 1360. The fourth-order valence-electron chi connectivity index (χ4n) is 4.24. The maximum Gasteiger partial charge on any atom is 0.379 e. The van der Waals surface area contributed by atoms with Gasteiger partial charge in [0.05, 0.1) is 148 Å². The molecule has 0 saturated heterocycles. The molecule has 0 aliphatic rings. The van der Waals surface area contributed by atoms with Crippen molar-refractivity contribution in [2.75, 3.05) is 151 Å². The molecule has 1 N–H and O–H groups in total. The summed E-state index contributed by atoms with van der Waals surface area (Å²) >= 11 is 0. The molecular formula is C36H53N3O17. The number of benzene rings is 2. The molecule has 0 aliphatic carbocycles. The summed E-state index contributed by atoms with van der Waals surface area (Å²) in [6.07, 6.45) is 0. The van der Waals surface area contributed by atoms with E-state index in [9.17, 15) is 29.8 Å². The Morgan fingerprint density at radius 3 is 1.23 bits per heavy atom. The number of esters is 1. The summed E-state index contributed by atoms with van der Waals surface area (Å²) in [6.45, 7) is 8.01.